The SMILES string of the molecule is CCCCCC/C=C/CC/C=C/CC/C=C/C(O)C(CS(=O)(=O)O)NC(=O)CCCCCCCCCCCCC/C=C\C/C=C\CCCCCCC. The molecular weight excluding hydrogens is 667 g/mol. The summed E-state index contributed by atoms with van der Waals surface area (Å²) in [4.78, 5) is 12.5. The zero-order valence-corrected chi connectivity index (χ0v) is 34.5. The molecule has 302 valence electrons. The lowest BCUT2D eigenvalue weighted by Crippen LogP contribution is -2.46. The summed E-state index contributed by atoms with van der Waals surface area (Å²) in [5.74, 6) is -1.01. The van der Waals surface area contributed by atoms with Gasteiger partial charge in [-0.25, -0.2) is 0 Å². The topological polar surface area (TPSA) is 104 Å². The molecule has 0 aliphatic rings. The summed E-state index contributed by atoms with van der Waals surface area (Å²) in [6.45, 7) is 4.49. The van der Waals surface area contributed by atoms with Gasteiger partial charge in [0, 0.05) is 6.42 Å². The molecule has 0 radical (unpaired) electrons. The first kappa shape index (κ1) is 50.0. The van der Waals surface area contributed by atoms with Gasteiger partial charge in [-0.2, -0.15) is 8.42 Å². The molecule has 0 bridgehead atoms. The molecule has 0 rings (SSSR count). The van der Waals surface area contributed by atoms with Crippen molar-refractivity contribution in [3.05, 3.63) is 60.8 Å². The highest BCUT2D eigenvalue weighted by molar-refractivity contribution is 7.85. The molecular formula is C45H81NO5S. The molecule has 0 aromatic carbocycles. The van der Waals surface area contributed by atoms with Crippen molar-refractivity contribution < 1.29 is 22.9 Å². The fourth-order valence-corrected chi connectivity index (χ4v) is 6.89. The van der Waals surface area contributed by atoms with Gasteiger partial charge in [0.05, 0.1) is 17.9 Å². The standard InChI is InChI=1S/C45H81NO5S/c1-3-5-7-9-11-13-15-17-19-20-21-22-23-24-25-26-27-29-31-33-35-37-39-41-45(48)46-43(42-52(49,50)51)44(47)40-38-36-34-32-30-28-18-16-14-12-10-8-6-4-2/h14-17,20-21,30,32,38,40,43-44,47H,3-13,18-19,22-29,31,33-37,39,41-42H2,1-2H3,(H,46,48)(H,49,50,51)/b16-14+,17-15-,21-20-,32-30+,40-38+. The van der Waals surface area contributed by atoms with Crippen molar-refractivity contribution in [3.8, 4) is 0 Å². The Morgan fingerprint density at radius 2 is 0.885 bits per heavy atom. The molecule has 3 N–H and O–H groups in total. The van der Waals surface area contributed by atoms with E-state index in [1.165, 1.54) is 128 Å². The Hall–Kier alpha value is -1.96. The predicted molar refractivity (Wildman–Crippen MR) is 225 cm³/mol. The average molecular weight is 748 g/mol. The molecule has 7 heteroatoms. The second kappa shape index (κ2) is 38.8. The Morgan fingerprint density at radius 3 is 1.35 bits per heavy atom. The molecule has 0 aliphatic heterocycles. The molecule has 1 amide bonds. The summed E-state index contributed by atoms with van der Waals surface area (Å²) in [5.41, 5.74) is 0. The lowest BCUT2D eigenvalue weighted by molar-refractivity contribution is -0.122. The molecule has 0 heterocycles. The molecule has 6 nitrogen and oxygen atoms in total. The number of carbonyl (C=O) groups is 1. The molecule has 0 aromatic rings. The van der Waals surface area contributed by atoms with Gasteiger partial charge in [0.15, 0.2) is 0 Å². The third kappa shape index (κ3) is 39.3. The average Bonchev–Trinajstić information content (AvgIpc) is 3.11. The first-order valence-electron chi connectivity index (χ1n) is 21.5. The predicted octanol–water partition coefficient (Wildman–Crippen LogP) is 12.9. The van der Waals surface area contributed by atoms with E-state index in [1.54, 1.807) is 6.08 Å². The van der Waals surface area contributed by atoms with Crippen LogP contribution in [0.3, 0.4) is 0 Å². The zero-order valence-electron chi connectivity index (χ0n) is 33.7. The maximum Gasteiger partial charge on any atom is 0.267 e. The molecule has 0 aliphatic carbocycles. The van der Waals surface area contributed by atoms with Crippen LogP contribution in [0, 0.1) is 0 Å². The van der Waals surface area contributed by atoms with Crippen LogP contribution in [0.5, 0.6) is 0 Å². The molecule has 0 saturated carbocycles. The van der Waals surface area contributed by atoms with E-state index in [0.717, 1.165) is 51.4 Å². The lowest BCUT2D eigenvalue weighted by Gasteiger charge is -2.21. The van der Waals surface area contributed by atoms with Crippen LogP contribution in [-0.2, 0) is 14.9 Å². The minimum atomic E-state index is -4.36. The van der Waals surface area contributed by atoms with Crippen LogP contribution in [0.2, 0.25) is 0 Å². The van der Waals surface area contributed by atoms with Gasteiger partial charge < -0.3 is 10.4 Å². The number of rotatable bonds is 38. The van der Waals surface area contributed by atoms with Crippen molar-refractivity contribution in [2.75, 3.05) is 5.75 Å². The highest BCUT2D eigenvalue weighted by atomic mass is 32.2. The maximum atomic E-state index is 12.5. The Balaban J connectivity index is 3.91. The van der Waals surface area contributed by atoms with Gasteiger partial charge in [0.1, 0.15) is 0 Å². The second-order valence-corrected chi connectivity index (χ2v) is 16.1. The normalized spacial score (nSPS) is 13.8. The number of amides is 1. The smallest absolute Gasteiger partial charge is 0.267 e. The highest BCUT2D eigenvalue weighted by Gasteiger charge is 2.24. The summed E-state index contributed by atoms with van der Waals surface area (Å²) in [5, 5.41) is 13.2. The number of carbonyl (C=O) groups excluding carboxylic acids is 1. The van der Waals surface area contributed by atoms with Crippen LogP contribution in [0.15, 0.2) is 60.8 Å². The number of aliphatic hydroxyl groups is 1. The largest absolute Gasteiger partial charge is 0.387 e. The van der Waals surface area contributed by atoms with Crippen molar-refractivity contribution in [2.45, 2.75) is 212 Å². The summed E-state index contributed by atoms with van der Waals surface area (Å²) in [6.07, 6.45) is 53.5. The molecule has 0 fully saturated rings. The summed E-state index contributed by atoms with van der Waals surface area (Å²) in [6, 6.07) is -1.08. The first-order valence-corrected chi connectivity index (χ1v) is 23.1. The van der Waals surface area contributed by atoms with E-state index in [2.05, 4.69) is 67.8 Å². The lowest BCUT2D eigenvalue weighted by atomic mass is 10.0. The Kier molecular flexibility index (Phi) is 37.3. The minimum Gasteiger partial charge on any atom is -0.387 e. The third-order valence-corrected chi connectivity index (χ3v) is 10.2. The van der Waals surface area contributed by atoms with Crippen molar-refractivity contribution >= 4 is 16.0 Å². The van der Waals surface area contributed by atoms with Gasteiger partial charge in [-0.15, -0.1) is 0 Å². The van der Waals surface area contributed by atoms with Crippen molar-refractivity contribution in [3.63, 3.8) is 0 Å². The van der Waals surface area contributed by atoms with Crippen LogP contribution < -0.4 is 5.32 Å². The van der Waals surface area contributed by atoms with E-state index in [9.17, 15) is 22.9 Å². The monoisotopic (exact) mass is 748 g/mol. The highest BCUT2D eigenvalue weighted by Crippen LogP contribution is 2.14. The molecule has 2 atom stereocenters. The number of hydrogen-bond acceptors (Lipinski definition) is 4. The van der Waals surface area contributed by atoms with Gasteiger partial charge in [0.25, 0.3) is 10.1 Å². The van der Waals surface area contributed by atoms with E-state index in [0.29, 0.717) is 6.42 Å². The van der Waals surface area contributed by atoms with Crippen LogP contribution in [0.1, 0.15) is 200 Å². The Labute approximate surface area is 321 Å². The van der Waals surface area contributed by atoms with E-state index >= 15 is 0 Å². The minimum absolute atomic E-state index is 0.280. The van der Waals surface area contributed by atoms with Crippen molar-refractivity contribution in [2.24, 2.45) is 0 Å². The summed E-state index contributed by atoms with van der Waals surface area (Å²) in [7, 11) is -4.36. The van der Waals surface area contributed by atoms with E-state index in [4.69, 9.17) is 0 Å². The van der Waals surface area contributed by atoms with Crippen LogP contribution in [-0.4, -0.2) is 41.9 Å². The third-order valence-electron chi connectivity index (χ3n) is 9.39. The van der Waals surface area contributed by atoms with Crippen LogP contribution in [0.4, 0.5) is 0 Å². The van der Waals surface area contributed by atoms with Crippen molar-refractivity contribution in [1.82, 2.24) is 5.32 Å². The van der Waals surface area contributed by atoms with Gasteiger partial charge in [-0.1, -0.05) is 177 Å². The van der Waals surface area contributed by atoms with Crippen LogP contribution >= 0.6 is 0 Å². The van der Waals surface area contributed by atoms with Gasteiger partial charge in [-0.3, -0.25) is 9.35 Å². The first-order chi connectivity index (χ1) is 25.3. The number of aliphatic hydroxyl groups excluding tert-OH is 1. The van der Waals surface area contributed by atoms with Gasteiger partial charge in [0.2, 0.25) is 5.91 Å². The Bertz CT molecular complexity index is 1050. The quantitative estimate of drug-likeness (QED) is 0.0331. The molecule has 52 heavy (non-hydrogen) atoms. The van der Waals surface area contributed by atoms with E-state index in [-0.39, 0.29) is 12.3 Å². The van der Waals surface area contributed by atoms with Gasteiger partial charge in [-0.05, 0) is 77.0 Å². The zero-order chi connectivity index (χ0) is 38.2. The fourth-order valence-electron chi connectivity index (χ4n) is 6.16. The second-order valence-electron chi connectivity index (χ2n) is 14.6. The van der Waals surface area contributed by atoms with Crippen molar-refractivity contribution in [1.29, 1.82) is 0 Å². The Morgan fingerprint density at radius 1 is 0.519 bits per heavy atom. The number of allylic oxidation sites excluding steroid dienone is 9. The maximum absolute atomic E-state index is 12.5. The van der Waals surface area contributed by atoms with Crippen LogP contribution in [0.25, 0.3) is 0 Å². The number of nitrogens with one attached hydrogen (secondary N) is 1. The summed E-state index contributed by atoms with van der Waals surface area (Å²) >= 11 is 0. The van der Waals surface area contributed by atoms with Gasteiger partial charge >= 0.3 is 0 Å². The van der Waals surface area contributed by atoms with E-state index in [1.807, 2.05) is 0 Å². The number of hydrogen-bond donors (Lipinski definition) is 3. The van der Waals surface area contributed by atoms with E-state index < -0.39 is 28.0 Å². The molecule has 2 unspecified atom stereocenters. The molecule has 0 saturated heterocycles. The molecule has 0 spiro atoms. The summed E-state index contributed by atoms with van der Waals surface area (Å²) < 4.78 is 32.5. The fraction of sp³-hybridized carbons (Fsp3) is 0.756. The molecule has 0 aromatic heterocycles. The number of unbranched alkanes of at least 4 members (excludes halogenated alkanes) is 22.